The summed E-state index contributed by atoms with van der Waals surface area (Å²) in [6.45, 7) is 14.0. The second-order valence-electron chi connectivity index (χ2n) is 7.85. The predicted octanol–water partition coefficient (Wildman–Crippen LogP) is 3.08. The van der Waals surface area contributed by atoms with Gasteiger partial charge >= 0.3 is 6.03 Å². The number of nitrogens with zero attached hydrogens (tertiary/aromatic N) is 3. The van der Waals surface area contributed by atoms with E-state index in [0.29, 0.717) is 17.3 Å². The molecule has 1 aliphatic heterocycles. The van der Waals surface area contributed by atoms with Crippen molar-refractivity contribution in [3.8, 4) is 0 Å². The van der Waals surface area contributed by atoms with Crippen LogP contribution < -0.4 is 10.1 Å². The number of rotatable bonds is 4. The van der Waals surface area contributed by atoms with Crippen LogP contribution in [0.15, 0.2) is 4.99 Å². The van der Waals surface area contributed by atoms with Gasteiger partial charge in [0, 0.05) is 18.1 Å². The monoisotopic (exact) mass is 354 g/mol. The Kier molecular flexibility index (Phi) is 6.20. The van der Waals surface area contributed by atoms with Crippen LogP contribution in [0.5, 0.6) is 0 Å². The Bertz CT molecular complexity index is 621. The van der Waals surface area contributed by atoms with Gasteiger partial charge in [-0.05, 0) is 25.7 Å². The molecule has 1 N–H and O–H groups in total. The van der Waals surface area contributed by atoms with Crippen molar-refractivity contribution in [2.75, 3.05) is 6.61 Å². The van der Waals surface area contributed by atoms with E-state index in [1.807, 2.05) is 11.6 Å². The normalized spacial score (nSPS) is 20.6. The van der Waals surface area contributed by atoms with Crippen LogP contribution in [0, 0.1) is 5.92 Å². The van der Waals surface area contributed by atoms with Gasteiger partial charge in [0.15, 0.2) is 0 Å². The Balaban J connectivity index is 2.26. The minimum Gasteiger partial charge on any atom is -0.376 e. The lowest BCUT2D eigenvalue weighted by atomic mass is 9.98. The van der Waals surface area contributed by atoms with Crippen molar-refractivity contribution in [3.63, 3.8) is 0 Å². The highest BCUT2D eigenvalue weighted by Gasteiger charge is 2.23. The number of aromatic nitrogens is 2. The molecule has 0 aromatic carbocycles. The fourth-order valence-corrected chi connectivity index (χ4v) is 3.24. The number of urea groups is 1. The van der Waals surface area contributed by atoms with Crippen LogP contribution in [0.25, 0.3) is 0 Å². The summed E-state index contributed by atoms with van der Waals surface area (Å²) in [6.07, 6.45) is 2.28. The summed E-state index contributed by atoms with van der Waals surface area (Å²) in [5.74, 6) is 0.370. The highest BCUT2D eigenvalue weighted by molar-refractivity contribution is 7.09. The molecule has 1 fully saturated rings. The zero-order valence-corrected chi connectivity index (χ0v) is 16.4. The van der Waals surface area contributed by atoms with Gasteiger partial charge in [-0.25, -0.2) is 9.48 Å². The fourth-order valence-electron chi connectivity index (χ4n) is 2.28. The molecule has 0 bridgehead atoms. The maximum absolute atomic E-state index is 12.2. The van der Waals surface area contributed by atoms with E-state index in [1.54, 1.807) is 0 Å². The zero-order valence-electron chi connectivity index (χ0n) is 15.6. The average molecular weight is 355 g/mol. The summed E-state index contributed by atoms with van der Waals surface area (Å²) in [5.41, 5.74) is -0.0710. The minimum absolute atomic E-state index is 0.0710. The highest BCUT2D eigenvalue weighted by atomic mass is 32.1. The summed E-state index contributed by atoms with van der Waals surface area (Å²) < 4.78 is 7.54. The van der Waals surface area contributed by atoms with Gasteiger partial charge in [-0.15, -0.1) is 0 Å². The molecule has 0 spiro atoms. The van der Waals surface area contributed by atoms with E-state index in [2.05, 4.69) is 44.9 Å². The summed E-state index contributed by atoms with van der Waals surface area (Å²) in [5, 5.41) is 8.59. The fraction of sp³-hybridized carbons (Fsp3) is 0.824. The van der Waals surface area contributed by atoms with Crippen LogP contribution in [0.3, 0.4) is 0 Å². The Morgan fingerprint density at radius 3 is 2.71 bits per heavy atom. The molecule has 136 valence electrons. The van der Waals surface area contributed by atoms with Crippen LogP contribution in [-0.4, -0.2) is 34.6 Å². The van der Waals surface area contributed by atoms with Gasteiger partial charge in [0.05, 0.1) is 12.6 Å². The number of nitrogens with one attached hydrogen (secondary N) is 1. The van der Waals surface area contributed by atoms with Crippen LogP contribution in [0.4, 0.5) is 4.79 Å². The molecular formula is C17H30N4O2S. The maximum atomic E-state index is 12.2. The van der Waals surface area contributed by atoms with Crippen LogP contribution in [-0.2, 0) is 16.7 Å². The lowest BCUT2D eigenvalue weighted by Gasteiger charge is -2.15. The average Bonchev–Trinajstić information content (AvgIpc) is 3.09. The van der Waals surface area contributed by atoms with Crippen LogP contribution in [0.2, 0.25) is 0 Å². The first-order valence-electron chi connectivity index (χ1n) is 8.72. The largest absolute Gasteiger partial charge is 0.376 e. The van der Waals surface area contributed by atoms with E-state index in [0.717, 1.165) is 24.5 Å². The number of amides is 2. The number of hydrogen-bond acceptors (Lipinski definition) is 4. The van der Waals surface area contributed by atoms with Gasteiger partial charge in [-0.3, -0.25) is 0 Å². The van der Waals surface area contributed by atoms with E-state index in [1.165, 1.54) is 11.3 Å². The maximum Gasteiger partial charge on any atom is 0.343 e. The first-order valence-corrected chi connectivity index (χ1v) is 9.53. The molecule has 0 radical (unpaired) electrons. The van der Waals surface area contributed by atoms with Gasteiger partial charge in [0.1, 0.15) is 5.01 Å². The van der Waals surface area contributed by atoms with Gasteiger partial charge in [-0.1, -0.05) is 46.0 Å². The SMILES string of the molecule is CC(C)C(C)NC(=O)N=c1sc(C(C)(C)C)nn1C[C@H]1CCCO1. The number of carbonyl (C=O) groups is 1. The molecule has 2 rings (SSSR count). The summed E-state index contributed by atoms with van der Waals surface area (Å²) in [4.78, 5) is 17.1. The van der Waals surface area contributed by atoms with Crippen molar-refractivity contribution in [3.05, 3.63) is 9.81 Å². The van der Waals surface area contributed by atoms with Crippen LogP contribution >= 0.6 is 11.3 Å². The van der Waals surface area contributed by atoms with Gasteiger partial charge in [-0.2, -0.15) is 10.1 Å². The van der Waals surface area contributed by atoms with Crippen LogP contribution in [0.1, 0.15) is 59.4 Å². The third-order valence-corrected chi connectivity index (χ3v) is 5.58. The second kappa shape index (κ2) is 7.78. The van der Waals surface area contributed by atoms with E-state index < -0.39 is 0 Å². The topological polar surface area (TPSA) is 68.5 Å². The first-order chi connectivity index (χ1) is 11.2. The molecule has 24 heavy (non-hydrogen) atoms. The van der Waals surface area contributed by atoms with Crippen molar-refractivity contribution in [2.24, 2.45) is 10.9 Å². The third-order valence-electron chi connectivity index (χ3n) is 4.21. The highest BCUT2D eigenvalue weighted by Crippen LogP contribution is 2.22. The van der Waals surface area contributed by atoms with Crippen molar-refractivity contribution < 1.29 is 9.53 Å². The summed E-state index contributed by atoms with van der Waals surface area (Å²) in [7, 11) is 0. The molecule has 2 heterocycles. The standard InChI is InChI=1S/C17H30N4O2S/c1-11(2)12(3)18-15(22)19-16-21(10-13-8-7-9-23-13)20-14(24-16)17(4,5)6/h11-13H,7-10H2,1-6H3,(H,18,22)/t12?,13-/m1/s1. The lowest BCUT2D eigenvalue weighted by molar-refractivity contribution is 0.0928. The molecule has 1 saturated heterocycles. The molecule has 6 nitrogen and oxygen atoms in total. The third kappa shape index (κ3) is 5.14. The molecule has 7 heteroatoms. The van der Waals surface area contributed by atoms with E-state index in [-0.39, 0.29) is 23.6 Å². The van der Waals surface area contributed by atoms with E-state index in [9.17, 15) is 4.79 Å². The zero-order chi connectivity index (χ0) is 17.9. The van der Waals surface area contributed by atoms with Gasteiger partial charge in [0.2, 0.25) is 4.80 Å². The molecule has 1 unspecified atom stereocenters. The molecule has 1 aromatic heterocycles. The first kappa shape index (κ1) is 19.1. The Morgan fingerprint density at radius 1 is 1.46 bits per heavy atom. The van der Waals surface area contributed by atoms with Crippen molar-refractivity contribution in [1.29, 1.82) is 0 Å². The smallest absolute Gasteiger partial charge is 0.343 e. The van der Waals surface area contributed by atoms with Crippen molar-refractivity contribution >= 4 is 17.4 Å². The molecule has 2 atom stereocenters. The van der Waals surface area contributed by atoms with Crippen molar-refractivity contribution in [1.82, 2.24) is 15.1 Å². The van der Waals surface area contributed by atoms with Gasteiger partial charge < -0.3 is 10.1 Å². The number of hydrogen-bond donors (Lipinski definition) is 1. The molecule has 2 amide bonds. The molecule has 1 aliphatic rings. The lowest BCUT2D eigenvalue weighted by Crippen LogP contribution is -2.36. The number of ether oxygens (including phenoxy) is 1. The quantitative estimate of drug-likeness (QED) is 0.903. The molecule has 1 aromatic rings. The Labute approximate surface area is 148 Å². The molecule has 0 aliphatic carbocycles. The Hall–Kier alpha value is -1.21. The summed E-state index contributed by atoms with van der Waals surface area (Å²) in [6, 6.07) is -0.218. The predicted molar refractivity (Wildman–Crippen MR) is 96.2 cm³/mol. The van der Waals surface area contributed by atoms with Crippen molar-refractivity contribution in [2.45, 2.75) is 78.5 Å². The molecule has 0 saturated carbocycles. The second-order valence-corrected chi connectivity index (χ2v) is 8.81. The Morgan fingerprint density at radius 2 is 2.17 bits per heavy atom. The van der Waals surface area contributed by atoms with E-state index in [4.69, 9.17) is 9.84 Å². The van der Waals surface area contributed by atoms with E-state index >= 15 is 0 Å². The summed E-state index contributed by atoms with van der Waals surface area (Å²) >= 11 is 1.48. The minimum atomic E-state index is -0.304. The molecular weight excluding hydrogens is 324 g/mol. The van der Waals surface area contributed by atoms with Gasteiger partial charge in [0.25, 0.3) is 0 Å². The number of carbonyl (C=O) groups excluding carboxylic acids is 1.